The van der Waals surface area contributed by atoms with E-state index in [1.165, 1.54) is 18.2 Å². The van der Waals surface area contributed by atoms with Gasteiger partial charge in [0, 0.05) is 25.0 Å². The van der Waals surface area contributed by atoms with Crippen molar-refractivity contribution in [1.82, 2.24) is 4.98 Å². The monoisotopic (exact) mass is 374 g/mol. The highest BCUT2D eigenvalue weighted by molar-refractivity contribution is 7.90. The number of hydrogen-bond acceptors (Lipinski definition) is 5. The smallest absolute Gasteiger partial charge is 0.175 e. The van der Waals surface area contributed by atoms with Gasteiger partial charge in [0.2, 0.25) is 0 Å². The van der Waals surface area contributed by atoms with E-state index in [1.54, 1.807) is 12.1 Å². The van der Waals surface area contributed by atoms with E-state index in [4.69, 9.17) is 9.72 Å². The summed E-state index contributed by atoms with van der Waals surface area (Å²) >= 11 is 0. The number of rotatable bonds is 6. The zero-order valence-electron chi connectivity index (χ0n) is 15.4. The predicted molar refractivity (Wildman–Crippen MR) is 104 cm³/mol. The van der Waals surface area contributed by atoms with Gasteiger partial charge in [0.05, 0.1) is 16.7 Å². The van der Waals surface area contributed by atoms with Crippen molar-refractivity contribution in [3.8, 4) is 11.3 Å². The number of benzene rings is 1. The summed E-state index contributed by atoms with van der Waals surface area (Å²) in [5.41, 5.74) is 2.94. The number of ether oxygens (including phenoxy) is 1. The standard InChI is InChI=1S/C20H26N2O3S/c1-3-15-12-19(16-7-9-18(10-8-16)26(2,23)24)22-20(13-15)21-14-17-6-4-5-11-25-17/h7-10,12-13,17H,3-6,11,14H2,1-2H3,(H,21,22). The molecular formula is C20H26N2O3S. The molecule has 1 unspecified atom stereocenters. The van der Waals surface area contributed by atoms with E-state index in [-0.39, 0.29) is 6.10 Å². The maximum atomic E-state index is 11.6. The Morgan fingerprint density at radius 3 is 2.58 bits per heavy atom. The summed E-state index contributed by atoms with van der Waals surface area (Å²) in [6.45, 7) is 3.71. The van der Waals surface area contributed by atoms with E-state index in [2.05, 4.69) is 24.4 Å². The highest BCUT2D eigenvalue weighted by Crippen LogP contribution is 2.24. The van der Waals surface area contributed by atoms with Crippen LogP contribution in [0.15, 0.2) is 41.3 Å². The van der Waals surface area contributed by atoms with E-state index in [9.17, 15) is 8.42 Å². The minimum Gasteiger partial charge on any atom is -0.376 e. The number of nitrogens with zero attached hydrogens (tertiary/aromatic N) is 1. The van der Waals surface area contributed by atoms with Crippen molar-refractivity contribution in [2.75, 3.05) is 24.7 Å². The van der Waals surface area contributed by atoms with Gasteiger partial charge in [-0.3, -0.25) is 0 Å². The molecule has 0 aliphatic carbocycles. The fourth-order valence-electron chi connectivity index (χ4n) is 3.09. The Kier molecular flexibility index (Phi) is 5.94. The Balaban J connectivity index is 1.80. The summed E-state index contributed by atoms with van der Waals surface area (Å²) in [6.07, 6.45) is 5.81. The minimum atomic E-state index is -3.19. The molecule has 0 radical (unpaired) electrons. The van der Waals surface area contributed by atoms with Crippen molar-refractivity contribution in [1.29, 1.82) is 0 Å². The Hall–Kier alpha value is -1.92. The molecule has 26 heavy (non-hydrogen) atoms. The lowest BCUT2D eigenvalue weighted by Crippen LogP contribution is -2.27. The lowest BCUT2D eigenvalue weighted by molar-refractivity contribution is 0.0247. The van der Waals surface area contributed by atoms with Crippen LogP contribution in [0, 0.1) is 0 Å². The summed E-state index contributed by atoms with van der Waals surface area (Å²) in [5.74, 6) is 0.834. The molecule has 1 saturated heterocycles. The highest BCUT2D eigenvalue weighted by atomic mass is 32.2. The molecule has 5 nitrogen and oxygen atoms in total. The molecular weight excluding hydrogens is 348 g/mol. The van der Waals surface area contributed by atoms with Gasteiger partial charge in [0.1, 0.15) is 5.82 Å². The molecule has 0 bridgehead atoms. The van der Waals surface area contributed by atoms with Crippen LogP contribution in [-0.4, -0.2) is 38.9 Å². The maximum absolute atomic E-state index is 11.6. The first kappa shape index (κ1) is 18.9. The van der Waals surface area contributed by atoms with Crippen molar-refractivity contribution in [2.45, 2.75) is 43.6 Å². The molecule has 1 atom stereocenters. The second kappa shape index (κ2) is 8.18. The SMILES string of the molecule is CCc1cc(NCC2CCCCO2)nc(-c2ccc(S(C)(=O)=O)cc2)c1. The molecule has 2 aromatic rings. The van der Waals surface area contributed by atoms with Gasteiger partial charge in [-0.2, -0.15) is 0 Å². The van der Waals surface area contributed by atoms with E-state index in [0.29, 0.717) is 4.90 Å². The maximum Gasteiger partial charge on any atom is 0.175 e. The first-order valence-electron chi connectivity index (χ1n) is 9.12. The van der Waals surface area contributed by atoms with Crippen molar-refractivity contribution < 1.29 is 13.2 Å². The van der Waals surface area contributed by atoms with Crippen LogP contribution in [0.4, 0.5) is 5.82 Å². The van der Waals surface area contributed by atoms with Crippen LogP contribution < -0.4 is 5.32 Å². The first-order valence-corrected chi connectivity index (χ1v) is 11.0. The molecule has 1 aliphatic heterocycles. The Labute approximate surface area is 155 Å². The second-order valence-corrected chi connectivity index (χ2v) is 8.78. The fraction of sp³-hybridized carbons (Fsp3) is 0.450. The van der Waals surface area contributed by atoms with Gasteiger partial charge in [-0.1, -0.05) is 19.1 Å². The molecule has 2 heterocycles. The van der Waals surface area contributed by atoms with Crippen LogP contribution in [0.5, 0.6) is 0 Å². The third kappa shape index (κ3) is 4.83. The number of anilines is 1. The zero-order valence-corrected chi connectivity index (χ0v) is 16.2. The number of aryl methyl sites for hydroxylation is 1. The third-order valence-corrected chi connectivity index (χ3v) is 5.78. The fourth-order valence-corrected chi connectivity index (χ4v) is 3.72. The van der Waals surface area contributed by atoms with Crippen LogP contribution in [0.2, 0.25) is 0 Å². The Morgan fingerprint density at radius 2 is 1.96 bits per heavy atom. The van der Waals surface area contributed by atoms with Crippen molar-refractivity contribution in [2.24, 2.45) is 0 Å². The lowest BCUT2D eigenvalue weighted by atomic mass is 10.1. The molecule has 0 saturated carbocycles. The van der Waals surface area contributed by atoms with E-state index in [0.717, 1.165) is 49.5 Å². The molecule has 140 valence electrons. The van der Waals surface area contributed by atoms with Gasteiger partial charge in [-0.25, -0.2) is 13.4 Å². The molecule has 1 N–H and O–H groups in total. The Morgan fingerprint density at radius 1 is 1.19 bits per heavy atom. The van der Waals surface area contributed by atoms with Crippen molar-refractivity contribution in [3.63, 3.8) is 0 Å². The average molecular weight is 375 g/mol. The van der Waals surface area contributed by atoms with Crippen LogP contribution in [-0.2, 0) is 21.0 Å². The van der Waals surface area contributed by atoms with Gasteiger partial charge in [-0.05, 0) is 55.5 Å². The lowest BCUT2D eigenvalue weighted by Gasteiger charge is -2.23. The van der Waals surface area contributed by atoms with Crippen molar-refractivity contribution >= 4 is 15.7 Å². The Bertz CT molecular complexity index is 842. The summed E-state index contributed by atoms with van der Waals surface area (Å²) in [5, 5.41) is 3.40. The molecule has 1 aliphatic rings. The molecule has 0 amide bonds. The van der Waals surface area contributed by atoms with Gasteiger partial charge < -0.3 is 10.1 Å². The van der Waals surface area contributed by atoms with E-state index in [1.807, 2.05) is 12.1 Å². The summed E-state index contributed by atoms with van der Waals surface area (Å²) in [7, 11) is -3.19. The molecule has 3 rings (SSSR count). The van der Waals surface area contributed by atoms with Gasteiger partial charge in [0.25, 0.3) is 0 Å². The molecule has 1 aromatic heterocycles. The van der Waals surface area contributed by atoms with Gasteiger partial charge in [-0.15, -0.1) is 0 Å². The molecule has 1 fully saturated rings. The minimum absolute atomic E-state index is 0.244. The summed E-state index contributed by atoms with van der Waals surface area (Å²) in [4.78, 5) is 5.03. The number of sulfone groups is 1. The zero-order chi connectivity index (χ0) is 18.6. The molecule has 6 heteroatoms. The number of nitrogens with one attached hydrogen (secondary N) is 1. The normalized spacial score (nSPS) is 17.8. The number of hydrogen-bond donors (Lipinski definition) is 1. The summed E-state index contributed by atoms with van der Waals surface area (Å²) in [6, 6.07) is 11.0. The van der Waals surface area contributed by atoms with Crippen LogP contribution >= 0.6 is 0 Å². The van der Waals surface area contributed by atoms with Crippen LogP contribution in [0.1, 0.15) is 31.7 Å². The van der Waals surface area contributed by atoms with Crippen LogP contribution in [0.25, 0.3) is 11.3 Å². The summed E-state index contributed by atoms with van der Waals surface area (Å²) < 4.78 is 29.0. The van der Waals surface area contributed by atoms with Gasteiger partial charge in [0.15, 0.2) is 9.84 Å². The van der Waals surface area contributed by atoms with E-state index >= 15 is 0 Å². The van der Waals surface area contributed by atoms with Crippen LogP contribution in [0.3, 0.4) is 0 Å². The van der Waals surface area contributed by atoms with E-state index < -0.39 is 9.84 Å². The van der Waals surface area contributed by atoms with Gasteiger partial charge >= 0.3 is 0 Å². The molecule has 1 aromatic carbocycles. The topological polar surface area (TPSA) is 68.3 Å². The van der Waals surface area contributed by atoms with Crippen molar-refractivity contribution in [3.05, 3.63) is 42.0 Å². The third-order valence-electron chi connectivity index (χ3n) is 4.66. The highest BCUT2D eigenvalue weighted by Gasteiger charge is 2.14. The first-order chi connectivity index (χ1) is 12.5. The molecule has 0 spiro atoms. The quantitative estimate of drug-likeness (QED) is 0.835. The largest absolute Gasteiger partial charge is 0.376 e. The number of pyridine rings is 1. The average Bonchev–Trinajstić information content (AvgIpc) is 2.66. The number of aromatic nitrogens is 1. The predicted octanol–water partition coefficient (Wildman–Crippen LogP) is 3.70. The second-order valence-electron chi connectivity index (χ2n) is 6.77.